The van der Waals surface area contributed by atoms with Crippen molar-refractivity contribution >= 4 is 33.7 Å². The summed E-state index contributed by atoms with van der Waals surface area (Å²) in [6.07, 6.45) is 22.3. The van der Waals surface area contributed by atoms with Gasteiger partial charge in [-0.15, -0.1) is 0 Å². The number of carbonyl (C=O) groups is 2. The van der Waals surface area contributed by atoms with Crippen LogP contribution in [0.1, 0.15) is 141 Å². The molecule has 2 spiro atoms. The summed E-state index contributed by atoms with van der Waals surface area (Å²) < 4.78 is 16.6. The lowest BCUT2D eigenvalue weighted by Crippen LogP contribution is -2.37. The van der Waals surface area contributed by atoms with Gasteiger partial charge in [0.1, 0.15) is 11.5 Å². The Morgan fingerprint density at radius 2 is 1.06 bits per heavy atom. The fourth-order valence-electron chi connectivity index (χ4n) is 11.3. The minimum absolute atomic E-state index is 0.0335. The van der Waals surface area contributed by atoms with E-state index in [0.29, 0.717) is 24.7 Å². The molecule has 352 valence electrons. The SMILES string of the molecule is CCOC(=O)C1CCN(Cc2ccc3cc(O)ccc3n2)CC1.CCOC(=O)C1CCN(Cc2ccc3cc(OC4CCC5(CCC5)CC4)ccc3n2)CC1.OC1CCC2(CCC2)CC1. The van der Waals surface area contributed by atoms with E-state index < -0.39 is 0 Å². The predicted molar refractivity (Wildman–Crippen MR) is 254 cm³/mol. The van der Waals surface area contributed by atoms with Gasteiger partial charge in [0.2, 0.25) is 0 Å². The molecule has 0 radical (unpaired) electrons. The lowest BCUT2D eigenvalue weighted by Gasteiger charge is -2.46. The first-order chi connectivity index (χ1) is 31.6. The Kier molecular flexibility index (Phi) is 16.0. The van der Waals surface area contributed by atoms with E-state index in [-0.39, 0.29) is 35.6 Å². The third kappa shape index (κ3) is 12.6. The van der Waals surface area contributed by atoms with E-state index >= 15 is 0 Å². The van der Waals surface area contributed by atoms with Crippen molar-refractivity contribution in [3.8, 4) is 11.5 Å². The summed E-state index contributed by atoms with van der Waals surface area (Å²) in [5.41, 5.74) is 5.41. The molecule has 4 heterocycles. The maximum absolute atomic E-state index is 11.9. The highest BCUT2D eigenvalue weighted by Gasteiger charge is 2.41. The lowest BCUT2D eigenvalue weighted by molar-refractivity contribution is -0.150. The molecular weight excluding hydrogens is 817 g/mol. The smallest absolute Gasteiger partial charge is 0.309 e. The molecule has 65 heavy (non-hydrogen) atoms. The number of hydrogen-bond acceptors (Lipinski definition) is 11. The van der Waals surface area contributed by atoms with Crippen molar-refractivity contribution in [3.05, 3.63) is 72.1 Å². The average Bonchev–Trinajstić information content (AvgIpc) is 3.30. The number of fused-ring (bicyclic) bond motifs is 2. The number of aromatic nitrogens is 2. The standard InChI is InChI=1S/C27H36N2O3.C18H22N2O3.C9H16O/c1-2-31-26(30)20-10-16-29(17-11-20)19-22-5-4-21-18-24(6-7-25(21)28-22)32-23-8-14-27(15-9-23)12-3-13-27;1-2-23-18(22)13-7-9-20(10-8-13)12-15-4-3-14-11-16(21)5-6-17(14)19-15;10-8-2-6-9(7-3-8)4-1-5-9/h4-7,18,20,23H,2-3,8-17,19H2,1H3;3-6,11,13,21H,2,7-10,12H2,1H3;8,10H,1-7H2. The molecule has 6 fully saturated rings. The maximum Gasteiger partial charge on any atom is 0.309 e. The maximum atomic E-state index is 11.9. The van der Waals surface area contributed by atoms with E-state index in [9.17, 15) is 19.8 Å². The van der Waals surface area contributed by atoms with Gasteiger partial charge in [0.15, 0.2) is 0 Å². The zero-order chi connectivity index (χ0) is 45.2. The summed E-state index contributed by atoms with van der Waals surface area (Å²) in [5.74, 6) is 1.23. The van der Waals surface area contributed by atoms with E-state index in [0.717, 1.165) is 122 Å². The molecular formula is C54H74N4O7. The van der Waals surface area contributed by atoms with E-state index in [4.69, 9.17) is 19.2 Å². The van der Waals surface area contributed by atoms with Crippen molar-refractivity contribution in [1.29, 1.82) is 0 Å². The van der Waals surface area contributed by atoms with Crippen molar-refractivity contribution < 1.29 is 34.0 Å². The van der Waals surface area contributed by atoms with Crippen LogP contribution in [0.2, 0.25) is 0 Å². The number of nitrogens with zero attached hydrogens (tertiary/aromatic N) is 4. The summed E-state index contributed by atoms with van der Waals surface area (Å²) >= 11 is 0. The van der Waals surface area contributed by atoms with Crippen LogP contribution in [0, 0.1) is 22.7 Å². The minimum Gasteiger partial charge on any atom is -0.508 e. The van der Waals surface area contributed by atoms with E-state index in [1.165, 1.54) is 77.0 Å². The number of phenolic OH excluding ortho intramolecular Hbond substituents is 1. The Labute approximate surface area is 386 Å². The van der Waals surface area contributed by atoms with Gasteiger partial charge in [-0.1, -0.05) is 25.0 Å². The van der Waals surface area contributed by atoms with Gasteiger partial charge < -0.3 is 24.4 Å². The largest absolute Gasteiger partial charge is 0.508 e. The lowest BCUT2D eigenvalue weighted by atomic mass is 9.60. The van der Waals surface area contributed by atoms with Crippen LogP contribution in [-0.2, 0) is 32.2 Å². The number of carbonyl (C=O) groups excluding carboxylic acids is 2. The zero-order valence-electron chi connectivity index (χ0n) is 39.2. The van der Waals surface area contributed by atoms with Crippen molar-refractivity contribution in [2.45, 2.75) is 155 Å². The van der Waals surface area contributed by atoms with Crippen LogP contribution in [0.15, 0.2) is 60.7 Å². The first kappa shape index (κ1) is 47.2. The topological polar surface area (TPSA) is 135 Å². The number of esters is 2. The van der Waals surface area contributed by atoms with Gasteiger partial charge in [0.05, 0.1) is 59.7 Å². The summed E-state index contributed by atoms with van der Waals surface area (Å²) in [4.78, 5) is 38.0. The van der Waals surface area contributed by atoms with Crippen LogP contribution in [0.25, 0.3) is 21.8 Å². The molecule has 11 nitrogen and oxygen atoms in total. The predicted octanol–water partition coefficient (Wildman–Crippen LogP) is 10.3. The third-order valence-corrected chi connectivity index (χ3v) is 15.8. The minimum atomic E-state index is -0.0595. The Morgan fingerprint density at radius 3 is 1.52 bits per heavy atom. The van der Waals surface area contributed by atoms with Crippen molar-refractivity contribution in [2.24, 2.45) is 22.7 Å². The first-order valence-electron chi connectivity index (χ1n) is 25.2. The van der Waals surface area contributed by atoms with E-state index in [1.54, 1.807) is 12.1 Å². The molecule has 2 aromatic carbocycles. The fourth-order valence-corrected chi connectivity index (χ4v) is 11.3. The molecule has 2 aliphatic heterocycles. The summed E-state index contributed by atoms with van der Waals surface area (Å²) in [5, 5.41) is 20.8. The Bertz CT molecular complexity index is 2170. The number of benzene rings is 2. The molecule has 4 saturated carbocycles. The van der Waals surface area contributed by atoms with Crippen molar-refractivity contribution in [1.82, 2.24) is 19.8 Å². The van der Waals surface area contributed by atoms with Crippen LogP contribution >= 0.6 is 0 Å². The summed E-state index contributed by atoms with van der Waals surface area (Å²) in [6, 6.07) is 19.8. The highest BCUT2D eigenvalue weighted by Crippen LogP contribution is 2.52. The van der Waals surface area contributed by atoms with Gasteiger partial charge >= 0.3 is 11.9 Å². The number of aliphatic hydroxyl groups excluding tert-OH is 1. The molecule has 0 unspecified atom stereocenters. The van der Waals surface area contributed by atoms with Crippen LogP contribution in [0.4, 0.5) is 0 Å². The molecule has 4 aromatic rings. The van der Waals surface area contributed by atoms with Gasteiger partial charge in [-0.25, -0.2) is 0 Å². The Balaban J connectivity index is 0.000000151. The second kappa shape index (κ2) is 22.0. The molecule has 2 saturated heterocycles. The quantitative estimate of drug-likeness (QED) is 0.147. The number of aromatic hydroxyl groups is 1. The van der Waals surface area contributed by atoms with Crippen LogP contribution < -0.4 is 4.74 Å². The number of ether oxygens (including phenoxy) is 3. The van der Waals surface area contributed by atoms with Gasteiger partial charge in [-0.05, 0) is 202 Å². The Hall–Kier alpha value is -4.32. The van der Waals surface area contributed by atoms with Crippen molar-refractivity contribution in [3.63, 3.8) is 0 Å². The van der Waals surface area contributed by atoms with E-state index in [1.807, 2.05) is 32.0 Å². The van der Waals surface area contributed by atoms with Crippen LogP contribution in [0.3, 0.4) is 0 Å². The van der Waals surface area contributed by atoms with Gasteiger partial charge in [-0.2, -0.15) is 0 Å². The highest BCUT2D eigenvalue weighted by molar-refractivity contribution is 5.81. The molecule has 4 aliphatic carbocycles. The van der Waals surface area contributed by atoms with Crippen molar-refractivity contribution in [2.75, 3.05) is 39.4 Å². The summed E-state index contributed by atoms with van der Waals surface area (Å²) in [7, 11) is 0. The van der Waals surface area contributed by atoms with E-state index in [2.05, 4.69) is 45.1 Å². The molecule has 0 amide bonds. The van der Waals surface area contributed by atoms with Crippen LogP contribution in [0.5, 0.6) is 11.5 Å². The third-order valence-electron chi connectivity index (χ3n) is 15.8. The molecule has 2 aromatic heterocycles. The number of hydrogen-bond donors (Lipinski definition) is 2. The number of aliphatic hydroxyl groups is 1. The fraction of sp³-hybridized carbons (Fsp3) is 0.630. The van der Waals surface area contributed by atoms with Gasteiger partial charge in [-0.3, -0.25) is 29.4 Å². The number of pyridine rings is 2. The normalized spacial score (nSPS) is 22.5. The molecule has 0 atom stereocenters. The molecule has 2 N–H and O–H groups in total. The zero-order valence-corrected chi connectivity index (χ0v) is 39.2. The highest BCUT2D eigenvalue weighted by atomic mass is 16.5. The molecule has 6 aliphatic rings. The van der Waals surface area contributed by atoms with Crippen LogP contribution in [-0.4, -0.2) is 93.5 Å². The average molecular weight is 891 g/mol. The molecule has 11 heteroatoms. The number of piperidine rings is 2. The number of rotatable bonds is 10. The number of likely N-dealkylation sites (tertiary alicyclic amines) is 2. The summed E-state index contributed by atoms with van der Waals surface area (Å²) in [6.45, 7) is 9.85. The first-order valence-corrected chi connectivity index (χ1v) is 25.2. The molecule has 0 bridgehead atoms. The second-order valence-corrected chi connectivity index (χ2v) is 20.2. The molecule has 10 rings (SSSR count). The number of phenols is 1. The monoisotopic (exact) mass is 891 g/mol. The van der Waals surface area contributed by atoms with Gasteiger partial charge in [0, 0.05) is 23.9 Å². The second-order valence-electron chi connectivity index (χ2n) is 20.2. The Morgan fingerprint density at radius 1 is 0.600 bits per heavy atom. The van der Waals surface area contributed by atoms with Gasteiger partial charge in [0.25, 0.3) is 0 Å².